The zero-order valence-corrected chi connectivity index (χ0v) is 16.2. The van der Waals surface area contributed by atoms with Gasteiger partial charge in [0.15, 0.2) is 5.96 Å². The molecule has 0 saturated heterocycles. The molecule has 142 valence electrons. The molecule has 1 rings (SSSR count). The first-order valence-electron chi connectivity index (χ1n) is 9.09. The number of guanidine groups is 1. The Morgan fingerprint density at radius 1 is 1.12 bits per heavy atom. The van der Waals surface area contributed by atoms with E-state index in [9.17, 15) is 0 Å². The Balaban J connectivity index is 2.73. The molecule has 0 aliphatic carbocycles. The van der Waals surface area contributed by atoms with Crippen molar-refractivity contribution in [3.05, 3.63) is 18.2 Å². The number of nitrogens with two attached hydrogens (primary N) is 1. The Bertz CT molecular complexity index is 533. The fourth-order valence-electron chi connectivity index (χ4n) is 2.46. The summed E-state index contributed by atoms with van der Waals surface area (Å²) in [7, 11) is 0. The first kappa shape index (κ1) is 21.1. The number of anilines is 1. The summed E-state index contributed by atoms with van der Waals surface area (Å²) in [6.07, 6.45) is 1.03. The Kier molecular flexibility index (Phi) is 9.77. The lowest BCUT2D eigenvalue weighted by molar-refractivity contribution is 0.0266. The lowest BCUT2D eigenvalue weighted by atomic mass is 10.0. The second kappa shape index (κ2) is 11.6. The monoisotopic (exact) mass is 351 g/mol. The van der Waals surface area contributed by atoms with Crippen molar-refractivity contribution in [2.75, 3.05) is 31.7 Å². The van der Waals surface area contributed by atoms with Crippen LogP contribution in [0.2, 0.25) is 0 Å². The van der Waals surface area contributed by atoms with Crippen LogP contribution in [0.3, 0.4) is 0 Å². The summed E-state index contributed by atoms with van der Waals surface area (Å²) in [5.74, 6) is 2.29. The summed E-state index contributed by atoms with van der Waals surface area (Å²) < 4.78 is 16.9. The average Bonchev–Trinajstić information content (AvgIpc) is 2.56. The van der Waals surface area contributed by atoms with Crippen LogP contribution in [0.1, 0.15) is 41.0 Å². The molecule has 3 N–H and O–H groups in total. The molecule has 0 fully saturated rings. The van der Waals surface area contributed by atoms with E-state index in [-0.39, 0.29) is 6.10 Å². The Hall–Kier alpha value is -1.95. The van der Waals surface area contributed by atoms with Gasteiger partial charge >= 0.3 is 0 Å². The van der Waals surface area contributed by atoms with Crippen molar-refractivity contribution in [2.24, 2.45) is 16.6 Å². The van der Waals surface area contributed by atoms with E-state index < -0.39 is 0 Å². The molecule has 1 unspecified atom stereocenters. The Labute approximate surface area is 151 Å². The SMILES string of the molecule is CCOc1ccc(OCC)c(NC(N)=NCCC(OCC)C(C)C)c1. The average molecular weight is 351 g/mol. The molecular weight excluding hydrogens is 318 g/mol. The van der Waals surface area contributed by atoms with Gasteiger partial charge in [0.2, 0.25) is 0 Å². The van der Waals surface area contributed by atoms with Gasteiger partial charge in [-0.3, -0.25) is 4.99 Å². The van der Waals surface area contributed by atoms with E-state index in [1.165, 1.54) is 0 Å². The Morgan fingerprint density at radius 2 is 1.84 bits per heavy atom. The summed E-state index contributed by atoms with van der Waals surface area (Å²) in [4.78, 5) is 4.41. The van der Waals surface area contributed by atoms with Gasteiger partial charge in [-0.05, 0) is 45.2 Å². The van der Waals surface area contributed by atoms with Crippen LogP contribution in [0.15, 0.2) is 23.2 Å². The molecule has 6 nitrogen and oxygen atoms in total. The molecule has 1 aromatic rings. The third-order valence-electron chi connectivity index (χ3n) is 3.64. The predicted octanol–water partition coefficient (Wildman–Crippen LogP) is 3.66. The third kappa shape index (κ3) is 7.65. The predicted molar refractivity (Wildman–Crippen MR) is 104 cm³/mol. The maximum atomic E-state index is 6.03. The molecule has 0 radical (unpaired) electrons. The zero-order valence-electron chi connectivity index (χ0n) is 16.2. The quantitative estimate of drug-likeness (QED) is 0.470. The van der Waals surface area contributed by atoms with E-state index in [0.29, 0.717) is 38.2 Å². The third-order valence-corrected chi connectivity index (χ3v) is 3.64. The summed E-state index contributed by atoms with van der Waals surface area (Å²) in [5.41, 5.74) is 6.78. The summed E-state index contributed by atoms with van der Waals surface area (Å²) in [5, 5.41) is 3.11. The number of nitrogens with zero attached hydrogens (tertiary/aromatic N) is 1. The van der Waals surface area contributed by atoms with Crippen LogP contribution in [0, 0.1) is 5.92 Å². The molecule has 0 saturated carbocycles. The highest BCUT2D eigenvalue weighted by molar-refractivity contribution is 5.94. The van der Waals surface area contributed by atoms with Gasteiger partial charge in [0, 0.05) is 19.2 Å². The van der Waals surface area contributed by atoms with E-state index in [4.69, 9.17) is 19.9 Å². The lowest BCUT2D eigenvalue weighted by Crippen LogP contribution is -2.25. The summed E-state index contributed by atoms with van der Waals surface area (Å²) >= 11 is 0. The van der Waals surface area contributed by atoms with Crippen molar-refractivity contribution in [2.45, 2.75) is 47.1 Å². The number of hydrogen-bond donors (Lipinski definition) is 2. The van der Waals surface area contributed by atoms with E-state index in [0.717, 1.165) is 23.6 Å². The summed E-state index contributed by atoms with van der Waals surface area (Å²) in [6, 6.07) is 5.62. The van der Waals surface area contributed by atoms with Crippen LogP contribution in [-0.2, 0) is 4.74 Å². The fraction of sp³-hybridized carbons (Fsp3) is 0.632. The van der Waals surface area contributed by atoms with E-state index in [2.05, 4.69) is 24.2 Å². The van der Waals surface area contributed by atoms with Crippen LogP contribution in [-0.4, -0.2) is 38.4 Å². The topological polar surface area (TPSA) is 78.1 Å². The van der Waals surface area contributed by atoms with E-state index >= 15 is 0 Å². The molecule has 0 aliphatic heterocycles. The van der Waals surface area contributed by atoms with Crippen molar-refractivity contribution >= 4 is 11.6 Å². The van der Waals surface area contributed by atoms with Gasteiger partial charge in [-0.15, -0.1) is 0 Å². The molecule has 0 amide bonds. The first-order valence-corrected chi connectivity index (χ1v) is 9.09. The lowest BCUT2D eigenvalue weighted by Gasteiger charge is -2.20. The van der Waals surface area contributed by atoms with Crippen molar-refractivity contribution < 1.29 is 14.2 Å². The molecule has 6 heteroatoms. The molecule has 25 heavy (non-hydrogen) atoms. The minimum Gasteiger partial charge on any atom is -0.494 e. The van der Waals surface area contributed by atoms with Crippen LogP contribution < -0.4 is 20.5 Å². The van der Waals surface area contributed by atoms with Crippen LogP contribution in [0.5, 0.6) is 11.5 Å². The normalized spacial score (nSPS) is 13.0. The van der Waals surface area contributed by atoms with Gasteiger partial charge in [0.25, 0.3) is 0 Å². The van der Waals surface area contributed by atoms with Gasteiger partial charge in [0.05, 0.1) is 25.0 Å². The highest BCUT2D eigenvalue weighted by Gasteiger charge is 2.12. The highest BCUT2D eigenvalue weighted by Crippen LogP contribution is 2.29. The summed E-state index contributed by atoms with van der Waals surface area (Å²) in [6.45, 7) is 12.7. The number of ether oxygens (including phenoxy) is 3. The molecule has 1 atom stereocenters. The van der Waals surface area contributed by atoms with Crippen molar-refractivity contribution in [3.63, 3.8) is 0 Å². The second-order valence-corrected chi connectivity index (χ2v) is 5.94. The number of benzene rings is 1. The second-order valence-electron chi connectivity index (χ2n) is 5.94. The minimum atomic E-state index is 0.196. The van der Waals surface area contributed by atoms with Gasteiger partial charge in [-0.25, -0.2) is 0 Å². The smallest absolute Gasteiger partial charge is 0.193 e. The molecule has 0 spiro atoms. The molecule has 0 aromatic heterocycles. The molecular formula is C19H33N3O3. The van der Waals surface area contributed by atoms with Gasteiger partial charge in [0.1, 0.15) is 11.5 Å². The van der Waals surface area contributed by atoms with Crippen molar-refractivity contribution in [1.82, 2.24) is 0 Å². The van der Waals surface area contributed by atoms with Crippen LogP contribution >= 0.6 is 0 Å². The van der Waals surface area contributed by atoms with E-state index in [1.807, 2.05) is 39.0 Å². The number of hydrogen-bond acceptors (Lipinski definition) is 4. The molecule has 0 heterocycles. The molecule has 0 aliphatic rings. The molecule has 1 aromatic carbocycles. The fourth-order valence-corrected chi connectivity index (χ4v) is 2.46. The maximum Gasteiger partial charge on any atom is 0.193 e. The Morgan fingerprint density at radius 3 is 2.44 bits per heavy atom. The van der Waals surface area contributed by atoms with Crippen molar-refractivity contribution in [3.8, 4) is 11.5 Å². The maximum absolute atomic E-state index is 6.03. The zero-order chi connectivity index (χ0) is 18.7. The van der Waals surface area contributed by atoms with Gasteiger partial charge < -0.3 is 25.3 Å². The minimum absolute atomic E-state index is 0.196. The number of rotatable bonds is 11. The van der Waals surface area contributed by atoms with Crippen LogP contribution in [0.25, 0.3) is 0 Å². The largest absolute Gasteiger partial charge is 0.494 e. The van der Waals surface area contributed by atoms with Crippen molar-refractivity contribution in [1.29, 1.82) is 0 Å². The number of nitrogens with one attached hydrogen (secondary N) is 1. The van der Waals surface area contributed by atoms with Gasteiger partial charge in [-0.2, -0.15) is 0 Å². The highest BCUT2D eigenvalue weighted by atomic mass is 16.5. The van der Waals surface area contributed by atoms with Gasteiger partial charge in [-0.1, -0.05) is 13.8 Å². The first-order chi connectivity index (χ1) is 12.0. The van der Waals surface area contributed by atoms with E-state index in [1.54, 1.807) is 0 Å². The standard InChI is InChI=1S/C19H33N3O3/c1-6-23-15-9-10-18(25-8-3)16(13-15)22-19(20)21-12-11-17(14(4)5)24-7-2/h9-10,13-14,17H,6-8,11-12H2,1-5H3,(H3,20,21,22). The molecule has 0 bridgehead atoms. The van der Waals surface area contributed by atoms with Crippen LogP contribution in [0.4, 0.5) is 5.69 Å². The number of aliphatic imine (C=N–C) groups is 1.